The fourth-order valence-corrected chi connectivity index (χ4v) is 2.76. The summed E-state index contributed by atoms with van der Waals surface area (Å²) in [5, 5.41) is 0. The van der Waals surface area contributed by atoms with Crippen molar-refractivity contribution in [2.24, 2.45) is 0 Å². The van der Waals surface area contributed by atoms with Gasteiger partial charge in [0.25, 0.3) is 0 Å². The van der Waals surface area contributed by atoms with Gasteiger partial charge in [-0.3, -0.25) is 4.57 Å². The summed E-state index contributed by atoms with van der Waals surface area (Å²) in [7, 11) is 0. The van der Waals surface area contributed by atoms with E-state index in [1.54, 1.807) is 19.1 Å². The molecule has 108 valence electrons. The standard InChI is InChI=1S/C17H16ClFN2/c1-11-6-7-13(10-14(11)19)21-16(8-9-18)20-15-5-3-4-12(2)17(15)21/h3-7,10H,8-9H2,1-2H3. The zero-order chi connectivity index (χ0) is 15.0. The molecule has 21 heavy (non-hydrogen) atoms. The van der Waals surface area contributed by atoms with Gasteiger partial charge in [0.05, 0.1) is 16.7 Å². The fraction of sp³-hybridized carbons (Fsp3) is 0.235. The molecular weight excluding hydrogens is 287 g/mol. The second-order valence-electron chi connectivity index (χ2n) is 5.18. The maximum absolute atomic E-state index is 13.9. The first-order chi connectivity index (χ1) is 10.1. The van der Waals surface area contributed by atoms with Gasteiger partial charge < -0.3 is 0 Å². The van der Waals surface area contributed by atoms with E-state index in [1.165, 1.54) is 0 Å². The molecule has 0 aliphatic heterocycles. The molecule has 0 unspecified atom stereocenters. The zero-order valence-electron chi connectivity index (χ0n) is 12.0. The number of fused-ring (bicyclic) bond motifs is 1. The van der Waals surface area contributed by atoms with E-state index in [1.807, 2.05) is 35.8 Å². The highest BCUT2D eigenvalue weighted by molar-refractivity contribution is 6.17. The summed E-state index contributed by atoms with van der Waals surface area (Å²) in [5.41, 5.74) is 4.47. The minimum Gasteiger partial charge on any atom is -0.296 e. The second-order valence-corrected chi connectivity index (χ2v) is 5.56. The van der Waals surface area contributed by atoms with Crippen molar-refractivity contribution in [2.45, 2.75) is 20.3 Å². The number of nitrogens with zero attached hydrogens (tertiary/aromatic N) is 2. The minimum absolute atomic E-state index is 0.209. The minimum atomic E-state index is -0.209. The summed E-state index contributed by atoms with van der Waals surface area (Å²) in [6.45, 7) is 3.80. The van der Waals surface area contributed by atoms with Gasteiger partial charge in [0.2, 0.25) is 0 Å². The molecule has 0 radical (unpaired) electrons. The van der Waals surface area contributed by atoms with Crippen LogP contribution in [0.4, 0.5) is 4.39 Å². The average molecular weight is 303 g/mol. The van der Waals surface area contributed by atoms with Crippen molar-refractivity contribution in [2.75, 3.05) is 5.88 Å². The highest BCUT2D eigenvalue weighted by atomic mass is 35.5. The molecule has 4 heteroatoms. The number of imidazole rings is 1. The lowest BCUT2D eigenvalue weighted by Crippen LogP contribution is -2.03. The molecule has 2 nitrogen and oxygen atoms in total. The van der Waals surface area contributed by atoms with Gasteiger partial charge in [0.15, 0.2) is 0 Å². The summed E-state index contributed by atoms with van der Waals surface area (Å²) in [6, 6.07) is 11.3. The van der Waals surface area contributed by atoms with Gasteiger partial charge in [-0.15, -0.1) is 11.6 Å². The van der Waals surface area contributed by atoms with Crippen LogP contribution in [0.2, 0.25) is 0 Å². The fourth-order valence-electron chi connectivity index (χ4n) is 2.59. The van der Waals surface area contributed by atoms with Gasteiger partial charge in [-0.2, -0.15) is 0 Å². The third-order valence-electron chi connectivity index (χ3n) is 3.68. The Morgan fingerprint density at radius 3 is 2.67 bits per heavy atom. The number of para-hydroxylation sites is 1. The smallest absolute Gasteiger partial charge is 0.128 e. The molecule has 0 atom stereocenters. The number of aromatic nitrogens is 2. The largest absolute Gasteiger partial charge is 0.296 e. The third-order valence-corrected chi connectivity index (χ3v) is 3.87. The summed E-state index contributed by atoms with van der Waals surface area (Å²) in [5.74, 6) is 1.13. The van der Waals surface area contributed by atoms with E-state index in [2.05, 4.69) is 4.98 Å². The number of alkyl halides is 1. The Labute approximate surface area is 128 Å². The lowest BCUT2D eigenvalue weighted by Gasteiger charge is -2.11. The summed E-state index contributed by atoms with van der Waals surface area (Å²) in [4.78, 5) is 4.65. The number of benzene rings is 2. The van der Waals surface area contributed by atoms with Crippen LogP contribution in [0.15, 0.2) is 36.4 Å². The van der Waals surface area contributed by atoms with E-state index in [0.29, 0.717) is 17.9 Å². The maximum Gasteiger partial charge on any atom is 0.128 e. The molecule has 0 fully saturated rings. The Morgan fingerprint density at radius 2 is 1.95 bits per heavy atom. The van der Waals surface area contributed by atoms with Gasteiger partial charge >= 0.3 is 0 Å². The summed E-state index contributed by atoms with van der Waals surface area (Å²) >= 11 is 5.89. The predicted molar refractivity (Wildman–Crippen MR) is 84.9 cm³/mol. The quantitative estimate of drug-likeness (QED) is 0.648. The summed E-state index contributed by atoms with van der Waals surface area (Å²) in [6.07, 6.45) is 0.644. The van der Waals surface area contributed by atoms with Gasteiger partial charge in [0.1, 0.15) is 11.6 Å². The Morgan fingerprint density at radius 1 is 1.14 bits per heavy atom. The highest BCUT2D eigenvalue weighted by Gasteiger charge is 2.14. The second kappa shape index (κ2) is 5.49. The van der Waals surface area contributed by atoms with Crippen molar-refractivity contribution in [3.05, 3.63) is 59.2 Å². The lowest BCUT2D eigenvalue weighted by molar-refractivity contribution is 0.617. The van der Waals surface area contributed by atoms with Crippen LogP contribution in [0.1, 0.15) is 17.0 Å². The van der Waals surface area contributed by atoms with Crippen LogP contribution in [0, 0.1) is 19.7 Å². The molecule has 1 aromatic heterocycles. The molecule has 0 saturated carbocycles. The van der Waals surface area contributed by atoms with Crippen LogP contribution in [-0.4, -0.2) is 15.4 Å². The van der Waals surface area contributed by atoms with Crippen LogP contribution < -0.4 is 0 Å². The first-order valence-corrected chi connectivity index (χ1v) is 7.44. The van der Waals surface area contributed by atoms with E-state index in [-0.39, 0.29) is 5.82 Å². The molecule has 0 amide bonds. The van der Waals surface area contributed by atoms with Crippen LogP contribution >= 0.6 is 11.6 Å². The number of hydrogen-bond acceptors (Lipinski definition) is 1. The van der Waals surface area contributed by atoms with Crippen molar-refractivity contribution in [1.82, 2.24) is 9.55 Å². The zero-order valence-corrected chi connectivity index (χ0v) is 12.8. The number of hydrogen-bond donors (Lipinski definition) is 0. The Kier molecular flexibility index (Phi) is 3.68. The monoisotopic (exact) mass is 302 g/mol. The van der Waals surface area contributed by atoms with Crippen LogP contribution in [0.3, 0.4) is 0 Å². The van der Waals surface area contributed by atoms with Crippen LogP contribution in [0.25, 0.3) is 16.7 Å². The van der Waals surface area contributed by atoms with E-state index < -0.39 is 0 Å². The number of rotatable bonds is 3. The average Bonchev–Trinajstić information content (AvgIpc) is 2.82. The first kappa shape index (κ1) is 14.1. The van der Waals surface area contributed by atoms with Crippen molar-refractivity contribution >= 4 is 22.6 Å². The van der Waals surface area contributed by atoms with Gasteiger partial charge in [-0.25, -0.2) is 9.37 Å². The Bertz CT molecular complexity index is 808. The molecular formula is C17H16ClFN2. The Hall–Kier alpha value is -1.87. The molecule has 1 heterocycles. The predicted octanol–water partition coefficient (Wildman–Crippen LogP) is 4.56. The van der Waals surface area contributed by atoms with E-state index in [4.69, 9.17) is 11.6 Å². The van der Waals surface area contributed by atoms with Crippen molar-refractivity contribution in [1.29, 1.82) is 0 Å². The highest BCUT2D eigenvalue weighted by Crippen LogP contribution is 2.26. The van der Waals surface area contributed by atoms with Crippen molar-refractivity contribution in [3.63, 3.8) is 0 Å². The third kappa shape index (κ3) is 2.42. The number of halogens is 2. The number of aryl methyl sites for hydroxylation is 3. The maximum atomic E-state index is 13.9. The first-order valence-electron chi connectivity index (χ1n) is 6.91. The molecule has 0 bridgehead atoms. The van der Waals surface area contributed by atoms with E-state index in [0.717, 1.165) is 28.1 Å². The lowest BCUT2D eigenvalue weighted by atomic mass is 10.1. The normalized spacial score (nSPS) is 11.2. The van der Waals surface area contributed by atoms with Crippen molar-refractivity contribution in [3.8, 4) is 5.69 Å². The molecule has 3 aromatic rings. The van der Waals surface area contributed by atoms with E-state index >= 15 is 0 Å². The van der Waals surface area contributed by atoms with Crippen molar-refractivity contribution < 1.29 is 4.39 Å². The SMILES string of the molecule is Cc1ccc(-n2c(CCCl)nc3cccc(C)c32)cc1F. The van der Waals surface area contributed by atoms with Gasteiger partial charge in [-0.1, -0.05) is 18.2 Å². The topological polar surface area (TPSA) is 17.8 Å². The molecule has 0 aliphatic rings. The molecule has 0 aliphatic carbocycles. The van der Waals surface area contributed by atoms with Gasteiger partial charge in [-0.05, 0) is 43.2 Å². The van der Waals surface area contributed by atoms with Crippen LogP contribution in [-0.2, 0) is 6.42 Å². The van der Waals surface area contributed by atoms with Crippen LogP contribution in [0.5, 0.6) is 0 Å². The molecule has 0 spiro atoms. The molecule has 3 rings (SSSR count). The molecule has 0 saturated heterocycles. The van der Waals surface area contributed by atoms with E-state index in [9.17, 15) is 4.39 Å². The molecule has 2 aromatic carbocycles. The van der Waals surface area contributed by atoms with Gasteiger partial charge in [0, 0.05) is 12.3 Å². The molecule has 0 N–H and O–H groups in total. The summed E-state index contributed by atoms with van der Waals surface area (Å²) < 4.78 is 15.9. The Balaban J connectivity index is 2.32.